The van der Waals surface area contributed by atoms with Crippen molar-refractivity contribution in [2.75, 3.05) is 13.7 Å². The summed E-state index contributed by atoms with van der Waals surface area (Å²) < 4.78 is 11.1. The number of nitrogens with two attached hydrogens (primary N) is 1. The van der Waals surface area contributed by atoms with E-state index in [4.69, 9.17) is 15.2 Å². The Labute approximate surface area is 114 Å². The van der Waals surface area contributed by atoms with E-state index in [2.05, 4.69) is 0 Å². The van der Waals surface area contributed by atoms with Gasteiger partial charge in [0.1, 0.15) is 18.1 Å². The molecular weight excluding hydrogens is 238 g/mol. The van der Waals surface area contributed by atoms with E-state index in [1.807, 2.05) is 48.5 Å². The van der Waals surface area contributed by atoms with E-state index in [9.17, 15) is 0 Å². The van der Waals surface area contributed by atoms with Crippen LogP contribution in [0.5, 0.6) is 11.5 Å². The second-order valence-electron chi connectivity index (χ2n) is 4.29. The van der Waals surface area contributed by atoms with Crippen molar-refractivity contribution in [2.45, 2.75) is 13.0 Å². The van der Waals surface area contributed by atoms with Crippen molar-refractivity contribution < 1.29 is 9.47 Å². The lowest BCUT2D eigenvalue weighted by Gasteiger charge is -2.12. The fourth-order valence-electron chi connectivity index (χ4n) is 1.89. The summed E-state index contributed by atoms with van der Waals surface area (Å²) in [4.78, 5) is 0. The quantitative estimate of drug-likeness (QED) is 0.865. The lowest BCUT2D eigenvalue weighted by atomic mass is 10.1. The molecule has 100 valence electrons. The molecule has 2 rings (SSSR count). The van der Waals surface area contributed by atoms with Gasteiger partial charge < -0.3 is 15.2 Å². The Hall–Kier alpha value is -2.00. The van der Waals surface area contributed by atoms with Gasteiger partial charge in [0.25, 0.3) is 0 Å². The predicted octanol–water partition coefficient (Wildman–Crippen LogP) is 2.78. The Kier molecular flexibility index (Phi) is 4.81. The van der Waals surface area contributed by atoms with Gasteiger partial charge in [0.15, 0.2) is 0 Å². The average Bonchev–Trinajstić information content (AvgIpc) is 2.47. The molecule has 0 spiro atoms. The van der Waals surface area contributed by atoms with Gasteiger partial charge in [0.2, 0.25) is 0 Å². The van der Waals surface area contributed by atoms with E-state index in [0.29, 0.717) is 13.2 Å². The molecule has 0 aromatic heterocycles. The number of benzene rings is 2. The van der Waals surface area contributed by atoms with Crippen LogP contribution in [0.25, 0.3) is 0 Å². The molecule has 0 aliphatic rings. The van der Waals surface area contributed by atoms with E-state index < -0.39 is 0 Å². The van der Waals surface area contributed by atoms with E-state index in [-0.39, 0.29) is 0 Å². The Balaban J connectivity index is 2.12. The summed E-state index contributed by atoms with van der Waals surface area (Å²) in [5.74, 6) is 1.64. The summed E-state index contributed by atoms with van der Waals surface area (Å²) in [6.07, 6.45) is 0.800. The molecule has 3 nitrogen and oxygen atoms in total. The van der Waals surface area contributed by atoms with Crippen LogP contribution in [-0.2, 0) is 13.0 Å². The van der Waals surface area contributed by atoms with Crippen molar-refractivity contribution >= 4 is 0 Å². The summed E-state index contributed by atoms with van der Waals surface area (Å²) >= 11 is 0. The zero-order chi connectivity index (χ0) is 13.5. The molecule has 0 unspecified atom stereocenters. The van der Waals surface area contributed by atoms with Gasteiger partial charge in [0, 0.05) is 6.07 Å². The third-order valence-corrected chi connectivity index (χ3v) is 2.93. The van der Waals surface area contributed by atoms with Gasteiger partial charge in [-0.2, -0.15) is 0 Å². The van der Waals surface area contributed by atoms with Crippen LogP contribution in [0, 0.1) is 0 Å². The molecule has 2 aromatic carbocycles. The van der Waals surface area contributed by atoms with Crippen molar-refractivity contribution in [3.63, 3.8) is 0 Å². The molecule has 0 heterocycles. The fourth-order valence-corrected chi connectivity index (χ4v) is 1.89. The first-order valence-electron chi connectivity index (χ1n) is 6.37. The van der Waals surface area contributed by atoms with Crippen LogP contribution in [0.4, 0.5) is 0 Å². The average molecular weight is 257 g/mol. The number of hydrogen-bond acceptors (Lipinski definition) is 3. The summed E-state index contributed by atoms with van der Waals surface area (Å²) in [6.45, 7) is 1.15. The van der Waals surface area contributed by atoms with Gasteiger partial charge in [-0.05, 0) is 30.2 Å². The number of hydrogen-bond donors (Lipinski definition) is 1. The highest BCUT2D eigenvalue weighted by Crippen LogP contribution is 2.26. The van der Waals surface area contributed by atoms with Gasteiger partial charge in [-0.1, -0.05) is 36.4 Å². The Morgan fingerprint density at radius 1 is 1.05 bits per heavy atom. The lowest BCUT2D eigenvalue weighted by Crippen LogP contribution is -2.05. The molecule has 0 aliphatic carbocycles. The maximum Gasteiger partial charge on any atom is 0.126 e. The maximum absolute atomic E-state index is 5.88. The molecule has 0 bridgehead atoms. The molecule has 0 fully saturated rings. The van der Waals surface area contributed by atoms with Gasteiger partial charge in [0.05, 0.1) is 7.11 Å². The normalized spacial score (nSPS) is 10.2. The topological polar surface area (TPSA) is 44.5 Å². The minimum atomic E-state index is 0.547. The van der Waals surface area contributed by atoms with Gasteiger partial charge in [-0.25, -0.2) is 0 Å². The van der Waals surface area contributed by atoms with Crippen molar-refractivity contribution in [3.05, 3.63) is 59.7 Å². The molecule has 0 saturated heterocycles. The van der Waals surface area contributed by atoms with E-state index in [1.165, 1.54) is 0 Å². The molecule has 0 amide bonds. The molecule has 19 heavy (non-hydrogen) atoms. The number of ether oxygens (including phenoxy) is 2. The van der Waals surface area contributed by atoms with Gasteiger partial charge in [-0.15, -0.1) is 0 Å². The predicted molar refractivity (Wildman–Crippen MR) is 76.5 cm³/mol. The first-order chi connectivity index (χ1) is 9.33. The summed E-state index contributed by atoms with van der Waals surface area (Å²) in [5.41, 5.74) is 7.87. The summed E-state index contributed by atoms with van der Waals surface area (Å²) in [6, 6.07) is 15.9. The minimum absolute atomic E-state index is 0.547. The largest absolute Gasteiger partial charge is 0.497 e. The molecular formula is C16H19NO2. The summed E-state index contributed by atoms with van der Waals surface area (Å²) in [5, 5.41) is 0. The second-order valence-corrected chi connectivity index (χ2v) is 4.29. The Morgan fingerprint density at radius 2 is 1.84 bits per heavy atom. The first kappa shape index (κ1) is 13.4. The molecule has 2 N–H and O–H groups in total. The van der Waals surface area contributed by atoms with E-state index in [1.54, 1.807) is 7.11 Å². The Bertz CT molecular complexity index is 511. The van der Waals surface area contributed by atoms with Gasteiger partial charge >= 0.3 is 0 Å². The fraction of sp³-hybridized carbons (Fsp3) is 0.250. The highest BCUT2D eigenvalue weighted by Gasteiger charge is 2.05. The number of methoxy groups -OCH3 is 1. The third-order valence-electron chi connectivity index (χ3n) is 2.93. The van der Waals surface area contributed by atoms with Crippen LogP contribution in [0.3, 0.4) is 0 Å². The lowest BCUT2D eigenvalue weighted by molar-refractivity contribution is 0.300. The highest BCUT2D eigenvalue weighted by atomic mass is 16.5. The van der Waals surface area contributed by atoms with E-state index >= 15 is 0 Å². The monoisotopic (exact) mass is 257 g/mol. The molecule has 2 aromatic rings. The maximum atomic E-state index is 5.88. The standard InChI is InChI=1S/C16H19NO2/c1-18-15-8-7-14(9-10-17)16(11-15)19-12-13-5-3-2-4-6-13/h2-8,11H,9-10,12,17H2,1H3. The zero-order valence-electron chi connectivity index (χ0n) is 11.1. The second kappa shape index (κ2) is 6.81. The zero-order valence-corrected chi connectivity index (χ0v) is 11.1. The molecule has 0 atom stereocenters. The van der Waals surface area contributed by atoms with Crippen LogP contribution in [0.15, 0.2) is 48.5 Å². The summed E-state index contributed by atoms with van der Waals surface area (Å²) in [7, 11) is 1.65. The number of rotatable bonds is 6. The Morgan fingerprint density at radius 3 is 2.53 bits per heavy atom. The van der Waals surface area contributed by atoms with Crippen LogP contribution >= 0.6 is 0 Å². The molecule has 0 radical (unpaired) electrons. The van der Waals surface area contributed by atoms with Crippen LogP contribution < -0.4 is 15.2 Å². The van der Waals surface area contributed by atoms with Crippen LogP contribution in [-0.4, -0.2) is 13.7 Å². The van der Waals surface area contributed by atoms with Crippen molar-refractivity contribution in [1.29, 1.82) is 0 Å². The first-order valence-corrected chi connectivity index (χ1v) is 6.37. The minimum Gasteiger partial charge on any atom is -0.497 e. The van der Waals surface area contributed by atoms with Crippen LogP contribution in [0.1, 0.15) is 11.1 Å². The smallest absolute Gasteiger partial charge is 0.126 e. The van der Waals surface area contributed by atoms with Gasteiger partial charge in [-0.3, -0.25) is 0 Å². The van der Waals surface area contributed by atoms with E-state index in [0.717, 1.165) is 29.0 Å². The molecule has 3 heteroatoms. The molecule has 0 saturated carbocycles. The van der Waals surface area contributed by atoms with Crippen LogP contribution in [0.2, 0.25) is 0 Å². The van der Waals surface area contributed by atoms with Crippen molar-refractivity contribution in [3.8, 4) is 11.5 Å². The van der Waals surface area contributed by atoms with Crippen molar-refractivity contribution in [1.82, 2.24) is 0 Å². The third kappa shape index (κ3) is 3.73. The highest BCUT2D eigenvalue weighted by molar-refractivity contribution is 5.41. The molecule has 0 aliphatic heterocycles. The van der Waals surface area contributed by atoms with Crippen molar-refractivity contribution in [2.24, 2.45) is 5.73 Å². The SMILES string of the molecule is COc1ccc(CCN)c(OCc2ccccc2)c1.